The zero-order valence-corrected chi connectivity index (χ0v) is 24.3. The van der Waals surface area contributed by atoms with Gasteiger partial charge >= 0.3 is 6.18 Å². The molecule has 0 fully saturated rings. The number of aryl methyl sites for hydroxylation is 1. The Morgan fingerprint density at radius 3 is 2.17 bits per heavy atom. The number of nitrogens with zero attached hydrogens (tertiary/aromatic N) is 2. The predicted octanol–water partition coefficient (Wildman–Crippen LogP) is 5.03. The molecule has 3 aromatic rings. The van der Waals surface area contributed by atoms with Gasteiger partial charge in [-0.05, 0) is 61.9 Å². The van der Waals surface area contributed by atoms with Crippen LogP contribution in [0.2, 0.25) is 5.02 Å². The van der Waals surface area contributed by atoms with Gasteiger partial charge in [-0.25, -0.2) is 8.42 Å². The fourth-order valence-electron chi connectivity index (χ4n) is 3.97. The lowest BCUT2D eigenvalue weighted by Gasteiger charge is -2.32. The highest BCUT2D eigenvalue weighted by molar-refractivity contribution is 7.92. The molecule has 13 heteroatoms. The van der Waals surface area contributed by atoms with Crippen LogP contribution in [0.4, 0.5) is 18.9 Å². The van der Waals surface area contributed by atoms with Gasteiger partial charge in [-0.1, -0.05) is 41.4 Å². The quantitative estimate of drug-likeness (QED) is 0.347. The SMILES string of the molecule is CNC(=O)[C@H](C)N(Cc1ccc(OC)cc1)C(=O)CN(c1ccc(Cl)c(C(F)(F)F)c1)S(=O)(=O)c1ccc(C)cc1. The van der Waals surface area contributed by atoms with E-state index in [2.05, 4.69) is 5.32 Å². The van der Waals surface area contributed by atoms with Crippen LogP contribution < -0.4 is 14.4 Å². The van der Waals surface area contributed by atoms with Crippen LogP contribution in [0.25, 0.3) is 0 Å². The molecule has 0 heterocycles. The number of benzene rings is 3. The van der Waals surface area contributed by atoms with Gasteiger partial charge in [-0.15, -0.1) is 0 Å². The number of likely N-dealkylation sites (N-methyl/N-ethyl adjacent to an activating group) is 1. The van der Waals surface area contributed by atoms with Crippen LogP contribution in [0.5, 0.6) is 5.75 Å². The molecule has 0 aliphatic carbocycles. The van der Waals surface area contributed by atoms with Crippen molar-refractivity contribution in [1.29, 1.82) is 0 Å². The Kier molecular flexibility index (Phi) is 9.93. The number of rotatable bonds is 10. The summed E-state index contributed by atoms with van der Waals surface area (Å²) in [4.78, 5) is 27.2. The van der Waals surface area contributed by atoms with Crippen molar-refractivity contribution in [2.24, 2.45) is 0 Å². The molecule has 0 aliphatic rings. The number of hydrogen-bond acceptors (Lipinski definition) is 5. The van der Waals surface area contributed by atoms with Crippen molar-refractivity contribution in [2.45, 2.75) is 37.5 Å². The second kappa shape index (κ2) is 12.8. The number of carbonyl (C=O) groups is 2. The Labute approximate surface area is 241 Å². The maximum Gasteiger partial charge on any atom is 0.417 e. The Morgan fingerprint density at radius 2 is 1.63 bits per heavy atom. The van der Waals surface area contributed by atoms with Crippen molar-refractivity contribution >= 4 is 39.1 Å². The highest BCUT2D eigenvalue weighted by Gasteiger charge is 2.36. The smallest absolute Gasteiger partial charge is 0.417 e. The number of halogens is 4. The number of anilines is 1. The topological polar surface area (TPSA) is 96.0 Å². The standard InChI is InChI=1S/C28H29ClF3N3O5S/c1-18-5-12-23(13-6-18)41(38,39)35(21-9-14-25(29)24(15-21)28(30,31)32)17-26(36)34(19(2)27(37)33-3)16-20-7-10-22(40-4)11-8-20/h5-15,19H,16-17H2,1-4H3,(H,33,37)/t19-/m0/s1. The summed E-state index contributed by atoms with van der Waals surface area (Å²) in [7, 11) is -1.68. The minimum absolute atomic E-state index is 0.0930. The number of alkyl halides is 3. The van der Waals surface area contributed by atoms with Crippen molar-refractivity contribution in [3.8, 4) is 5.75 Å². The second-order valence-electron chi connectivity index (χ2n) is 9.15. The van der Waals surface area contributed by atoms with E-state index >= 15 is 0 Å². The first-order valence-corrected chi connectivity index (χ1v) is 14.1. The van der Waals surface area contributed by atoms with Gasteiger partial charge in [0, 0.05) is 13.6 Å². The molecule has 0 spiro atoms. The number of sulfonamides is 1. The zero-order valence-electron chi connectivity index (χ0n) is 22.7. The molecule has 41 heavy (non-hydrogen) atoms. The third-order valence-corrected chi connectivity index (χ3v) is 8.47. The molecule has 3 aromatic carbocycles. The van der Waals surface area contributed by atoms with Crippen LogP contribution in [0.1, 0.15) is 23.6 Å². The van der Waals surface area contributed by atoms with Gasteiger partial charge < -0.3 is 15.0 Å². The molecule has 220 valence electrons. The Hall–Kier alpha value is -3.77. The van der Waals surface area contributed by atoms with E-state index in [1.54, 1.807) is 31.2 Å². The fourth-order valence-corrected chi connectivity index (χ4v) is 5.60. The summed E-state index contributed by atoms with van der Waals surface area (Å²) in [6.07, 6.45) is -4.88. The highest BCUT2D eigenvalue weighted by Crippen LogP contribution is 2.38. The van der Waals surface area contributed by atoms with E-state index in [0.29, 0.717) is 21.7 Å². The van der Waals surface area contributed by atoms with Gasteiger partial charge in [0.05, 0.1) is 28.3 Å². The lowest BCUT2D eigenvalue weighted by Crippen LogP contribution is -2.50. The van der Waals surface area contributed by atoms with Crippen molar-refractivity contribution in [3.05, 3.63) is 88.4 Å². The van der Waals surface area contributed by atoms with Crippen LogP contribution in [0.15, 0.2) is 71.6 Å². The maximum atomic E-state index is 13.8. The van der Waals surface area contributed by atoms with Gasteiger partial charge in [0.15, 0.2) is 0 Å². The summed E-state index contributed by atoms with van der Waals surface area (Å²) in [6, 6.07) is 13.8. The Bertz CT molecular complexity index is 1500. The lowest BCUT2D eigenvalue weighted by atomic mass is 10.1. The number of ether oxygens (including phenoxy) is 1. The predicted molar refractivity (Wildman–Crippen MR) is 149 cm³/mol. The molecule has 0 aliphatic heterocycles. The zero-order chi connectivity index (χ0) is 30.5. The van der Waals surface area contributed by atoms with E-state index in [1.165, 1.54) is 45.3 Å². The van der Waals surface area contributed by atoms with E-state index in [-0.39, 0.29) is 11.4 Å². The Balaban J connectivity index is 2.11. The average Bonchev–Trinajstić information content (AvgIpc) is 2.94. The normalized spacial score (nSPS) is 12.4. The van der Waals surface area contributed by atoms with Gasteiger partial charge in [0.25, 0.3) is 10.0 Å². The van der Waals surface area contributed by atoms with Gasteiger partial charge in [-0.3, -0.25) is 13.9 Å². The van der Waals surface area contributed by atoms with Crippen LogP contribution >= 0.6 is 11.6 Å². The summed E-state index contributed by atoms with van der Waals surface area (Å²) >= 11 is 5.78. The summed E-state index contributed by atoms with van der Waals surface area (Å²) in [5.74, 6) is -0.786. The molecule has 0 saturated heterocycles. The summed E-state index contributed by atoms with van der Waals surface area (Å²) in [5, 5.41) is 1.83. The third kappa shape index (κ3) is 7.50. The van der Waals surface area contributed by atoms with Crippen molar-refractivity contribution in [1.82, 2.24) is 10.2 Å². The van der Waals surface area contributed by atoms with E-state index < -0.39 is 56.9 Å². The number of amides is 2. The van der Waals surface area contributed by atoms with Crippen LogP contribution in [0.3, 0.4) is 0 Å². The van der Waals surface area contributed by atoms with E-state index in [4.69, 9.17) is 16.3 Å². The minimum Gasteiger partial charge on any atom is -0.497 e. The molecule has 3 rings (SSSR count). The minimum atomic E-state index is -4.88. The monoisotopic (exact) mass is 611 g/mol. The number of nitrogens with one attached hydrogen (secondary N) is 1. The van der Waals surface area contributed by atoms with Gasteiger partial charge in [0.1, 0.15) is 18.3 Å². The molecule has 0 radical (unpaired) electrons. The third-order valence-electron chi connectivity index (χ3n) is 6.36. The molecule has 0 bridgehead atoms. The first kappa shape index (κ1) is 31.8. The first-order valence-electron chi connectivity index (χ1n) is 12.3. The summed E-state index contributed by atoms with van der Waals surface area (Å²) in [5.41, 5.74) is -0.328. The van der Waals surface area contributed by atoms with E-state index in [0.717, 1.165) is 22.6 Å². The molecule has 1 N–H and O–H groups in total. The van der Waals surface area contributed by atoms with Gasteiger partial charge in [0.2, 0.25) is 11.8 Å². The number of methoxy groups -OCH3 is 1. The molecule has 0 aromatic heterocycles. The van der Waals surface area contributed by atoms with Crippen LogP contribution in [0, 0.1) is 6.92 Å². The second-order valence-corrected chi connectivity index (χ2v) is 11.4. The summed E-state index contributed by atoms with van der Waals surface area (Å²) in [6.45, 7) is 2.21. The van der Waals surface area contributed by atoms with Crippen molar-refractivity contribution in [3.63, 3.8) is 0 Å². The number of carbonyl (C=O) groups excluding carboxylic acids is 2. The number of hydrogen-bond donors (Lipinski definition) is 1. The molecular formula is C28H29ClF3N3O5S. The maximum absolute atomic E-state index is 13.8. The lowest BCUT2D eigenvalue weighted by molar-refractivity contribution is -0.139. The molecule has 2 amide bonds. The largest absolute Gasteiger partial charge is 0.497 e. The van der Waals surface area contributed by atoms with Crippen LogP contribution in [-0.4, -0.2) is 51.9 Å². The molecule has 1 atom stereocenters. The molecule has 0 unspecified atom stereocenters. The molecule has 0 saturated carbocycles. The molecule has 8 nitrogen and oxygen atoms in total. The highest BCUT2D eigenvalue weighted by atomic mass is 35.5. The summed E-state index contributed by atoms with van der Waals surface area (Å²) < 4.78 is 74.4. The van der Waals surface area contributed by atoms with Crippen LogP contribution in [-0.2, 0) is 32.3 Å². The fraction of sp³-hybridized carbons (Fsp3) is 0.286. The van der Waals surface area contributed by atoms with E-state index in [9.17, 15) is 31.2 Å². The Morgan fingerprint density at radius 1 is 1.02 bits per heavy atom. The average molecular weight is 612 g/mol. The first-order chi connectivity index (χ1) is 19.2. The van der Waals surface area contributed by atoms with Crippen molar-refractivity contribution in [2.75, 3.05) is 25.0 Å². The molecular weight excluding hydrogens is 583 g/mol. The van der Waals surface area contributed by atoms with Crippen molar-refractivity contribution < 1.29 is 35.9 Å². The van der Waals surface area contributed by atoms with Gasteiger partial charge in [-0.2, -0.15) is 13.2 Å². The van der Waals surface area contributed by atoms with E-state index in [1.807, 2.05) is 0 Å².